The lowest BCUT2D eigenvalue weighted by Crippen LogP contribution is -2.59. The number of piperidine rings is 1. The summed E-state index contributed by atoms with van der Waals surface area (Å²) in [4.78, 5) is 17.6. The fraction of sp³-hybridized carbons (Fsp3) is 0.933. The summed E-state index contributed by atoms with van der Waals surface area (Å²) in [5.41, 5.74) is 0. The van der Waals surface area contributed by atoms with Crippen LogP contribution in [-0.4, -0.2) is 60.0 Å². The van der Waals surface area contributed by atoms with Gasteiger partial charge in [0.25, 0.3) is 0 Å². The number of hydrogen-bond donors (Lipinski definition) is 1. The molecule has 0 aromatic heterocycles. The van der Waals surface area contributed by atoms with Gasteiger partial charge in [0.2, 0.25) is 5.91 Å². The number of amides is 1. The van der Waals surface area contributed by atoms with Gasteiger partial charge in [-0.2, -0.15) is 0 Å². The zero-order valence-electron chi connectivity index (χ0n) is 12.7. The summed E-state index contributed by atoms with van der Waals surface area (Å²) >= 11 is 0. The molecule has 0 aromatic rings. The molecule has 5 heteroatoms. The number of rotatable bonds is 1. The summed E-state index contributed by atoms with van der Waals surface area (Å²) < 4.78 is 0. The highest BCUT2D eigenvalue weighted by atomic mass is 35.5. The van der Waals surface area contributed by atoms with Gasteiger partial charge in [-0.15, -0.1) is 12.4 Å². The SMILES string of the molecule is CC1NCCCC1C(=O)N1CC2CCCN2CC1C.Cl. The lowest BCUT2D eigenvalue weighted by Gasteiger charge is -2.44. The van der Waals surface area contributed by atoms with Crippen LogP contribution in [-0.2, 0) is 4.79 Å². The van der Waals surface area contributed by atoms with Crippen molar-refractivity contribution in [2.45, 2.75) is 57.7 Å². The van der Waals surface area contributed by atoms with Gasteiger partial charge >= 0.3 is 0 Å². The van der Waals surface area contributed by atoms with Crippen LogP contribution in [0, 0.1) is 5.92 Å². The van der Waals surface area contributed by atoms with Crippen LogP contribution in [0.15, 0.2) is 0 Å². The Labute approximate surface area is 128 Å². The van der Waals surface area contributed by atoms with E-state index < -0.39 is 0 Å². The number of fused-ring (bicyclic) bond motifs is 1. The Morgan fingerprint density at radius 3 is 2.70 bits per heavy atom. The van der Waals surface area contributed by atoms with Gasteiger partial charge in [-0.05, 0) is 52.6 Å². The van der Waals surface area contributed by atoms with Crippen LogP contribution >= 0.6 is 12.4 Å². The standard InChI is InChI=1S/C15H27N3O.ClH/c1-11-9-17-8-4-5-13(17)10-18(11)15(19)14-6-3-7-16-12(14)2;/h11-14,16H,3-10H2,1-2H3;1H. The van der Waals surface area contributed by atoms with E-state index >= 15 is 0 Å². The van der Waals surface area contributed by atoms with E-state index in [0.717, 1.165) is 32.5 Å². The largest absolute Gasteiger partial charge is 0.337 e. The molecular formula is C15H28ClN3O. The van der Waals surface area contributed by atoms with Crippen molar-refractivity contribution in [1.29, 1.82) is 0 Å². The molecule has 3 aliphatic rings. The van der Waals surface area contributed by atoms with Gasteiger partial charge in [-0.25, -0.2) is 0 Å². The van der Waals surface area contributed by atoms with E-state index in [2.05, 4.69) is 29.0 Å². The second-order valence-electron chi connectivity index (χ2n) is 6.62. The smallest absolute Gasteiger partial charge is 0.227 e. The number of halogens is 1. The topological polar surface area (TPSA) is 35.6 Å². The molecule has 3 fully saturated rings. The second-order valence-corrected chi connectivity index (χ2v) is 6.62. The number of piperazine rings is 1. The van der Waals surface area contributed by atoms with Crippen LogP contribution in [0.4, 0.5) is 0 Å². The van der Waals surface area contributed by atoms with Gasteiger partial charge in [-0.1, -0.05) is 0 Å². The van der Waals surface area contributed by atoms with Crippen molar-refractivity contribution >= 4 is 18.3 Å². The maximum Gasteiger partial charge on any atom is 0.227 e. The van der Waals surface area contributed by atoms with Crippen molar-refractivity contribution in [2.24, 2.45) is 5.92 Å². The van der Waals surface area contributed by atoms with E-state index in [4.69, 9.17) is 0 Å². The molecule has 4 nitrogen and oxygen atoms in total. The molecule has 3 heterocycles. The lowest BCUT2D eigenvalue weighted by atomic mass is 9.89. The average molecular weight is 302 g/mol. The Hall–Kier alpha value is -0.320. The minimum absolute atomic E-state index is 0. The molecule has 116 valence electrons. The Morgan fingerprint density at radius 2 is 1.95 bits per heavy atom. The van der Waals surface area contributed by atoms with E-state index in [0.29, 0.717) is 24.0 Å². The maximum atomic E-state index is 12.8. The molecule has 0 bridgehead atoms. The Bertz CT molecular complexity index is 352. The Morgan fingerprint density at radius 1 is 1.15 bits per heavy atom. The summed E-state index contributed by atoms with van der Waals surface area (Å²) in [6.45, 7) is 8.72. The fourth-order valence-corrected chi connectivity index (χ4v) is 4.09. The molecule has 1 N–H and O–H groups in total. The van der Waals surface area contributed by atoms with Crippen molar-refractivity contribution in [2.75, 3.05) is 26.2 Å². The molecule has 0 radical (unpaired) electrons. The first-order valence-electron chi connectivity index (χ1n) is 7.94. The van der Waals surface area contributed by atoms with Gasteiger partial charge in [0.15, 0.2) is 0 Å². The molecule has 0 aromatic carbocycles. The van der Waals surface area contributed by atoms with E-state index in [1.165, 1.54) is 19.4 Å². The van der Waals surface area contributed by atoms with E-state index in [-0.39, 0.29) is 18.3 Å². The Balaban J connectivity index is 0.00000147. The van der Waals surface area contributed by atoms with Crippen LogP contribution in [0.3, 0.4) is 0 Å². The Kier molecular flexibility index (Phi) is 5.32. The van der Waals surface area contributed by atoms with E-state index in [1.807, 2.05) is 0 Å². The van der Waals surface area contributed by atoms with E-state index in [1.54, 1.807) is 0 Å². The van der Waals surface area contributed by atoms with Crippen molar-refractivity contribution in [1.82, 2.24) is 15.1 Å². The van der Waals surface area contributed by atoms with Gasteiger partial charge in [0.1, 0.15) is 0 Å². The van der Waals surface area contributed by atoms with E-state index in [9.17, 15) is 4.79 Å². The third kappa shape index (κ3) is 2.97. The predicted molar refractivity (Wildman–Crippen MR) is 83.2 cm³/mol. The first-order chi connectivity index (χ1) is 9.16. The van der Waals surface area contributed by atoms with Crippen molar-refractivity contribution < 1.29 is 4.79 Å². The molecule has 0 spiro atoms. The van der Waals surface area contributed by atoms with Crippen LogP contribution in [0.5, 0.6) is 0 Å². The quantitative estimate of drug-likeness (QED) is 0.797. The molecule has 0 aliphatic carbocycles. The van der Waals surface area contributed by atoms with Gasteiger partial charge < -0.3 is 10.2 Å². The first-order valence-corrected chi connectivity index (χ1v) is 7.94. The highest BCUT2D eigenvalue weighted by molar-refractivity contribution is 5.85. The fourth-order valence-electron chi connectivity index (χ4n) is 4.09. The molecule has 3 rings (SSSR count). The predicted octanol–water partition coefficient (Wildman–Crippen LogP) is 1.49. The number of nitrogens with zero attached hydrogens (tertiary/aromatic N) is 2. The summed E-state index contributed by atoms with van der Waals surface area (Å²) in [7, 11) is 0. The van der Waals surface area contributed by atoms with Gasteiger partial charge in [0, 0.05) is 31.2 Å². The maximum absolute atomic E-state index is 12.8. The zero-order valence-corrected chi connectivity index (χ0v) is 13.5. The molecule has 3 aliphatic heterocycles. The normalized spacial score (nSPS) is 38.2. The summed E-state index contributed by atoms with van der Waals surface area (Å²) in [6, 6.07) is 1.36. The minimum Gasteiger partial charge on any atom is -0.337 e. The number of nitrogens with one attached hydrogen (secondary N) is 1. The van der Waals surface area contributed by atoms with Crippen LogP contribution < -0.4 is 5.32 Å². The molecular weight excluding hydrogens is 274 g/mol. The molecule has 1 amide bonds. The van der Waals surface area contributed by atoms with Crippen LogP contribution in [0.1, 0.15) is 39.5 Å². The van der Waals surface area contributed by atoms with Crippen LogP contribution in [0.25, 0.3) is 0 Å². The van der Waals surface area contributed by atoms with Crippen molar-refractivity contribution in [3.63, 3.8) is 0 Å². The monoisotopic (exact) mass is 301 g/mol. The molecule has 4 atom stereocenters. The second kappa shape index (κ2) is 6.63. The molecule has 3 saturated heterocycles. The third-order valence-electron chi connectivity index (χ3n) is 5.30. The summed E-state index contributed by atoms with van der Waals surface area (Å²) in [5.74, 6) is 0.600. The molecule has 4 unspecified atom stereocenters. The first kappa shape index (κ1) is 16.1. The number of hydrogen-bond acceptors (Lipinski definition) is 3. The number of carbonyl (C=O) groups excluding carboxylic acids is 1. The number of carbonyl (C=O) groups is 1. The van der Waals surface area contributed by atoms with Gasteiger partial charge in [-0.3, -0.25) is 9.69 Å². The van der Waals surface area contributed by atoms with Gasteiger partial charge in [0.05, 0.1) is 5.92 Å². The molecule has 20 heavy (non-hydrogen) atoms. The summed E-state index contributed by atoms with van der Waals surface area (Å²) in [5, 5.41) is 3.46. The van der Waals surface area contributed by atoms with Crippen LogP contribution in [0.2, 0.25) is 0 Å². The third-order valence-corrected chi connectivity index (χ3v) is 5.30. The average Bonchev–Trinajstić information content (AvgIpc) is 2.84. The highest BCUT2D eigenvalue weighted by Gasteiger charge is 2.39. The zero-order chi connectivity index (χ0) is 13.4. The van der Waals surface area contributed by atoms with Crippen molar-refractivity contribution in [3.05, 3.63) is 0 Å². The minimum atomic E-state index is 0. The summed E-state index contributed by atoms with van der Waals surface area (Å²) in [6.07, 6.45) is 4.78. The highest BCUT2D eigenvalue weighted by Crippen LogP contribution is 2.27. The molecule has 0 saturated carbocycles. The lowest BCUT2D eigenvalue weighted by molar-refractivity contribution is -0.142. The van der Waals surface area contributed by atoms with Crippen molar-refractivity contribution in [3.8, 4) is 0 Å².